The Hall–Kier alpha value is 0.0569. The molecule has 0 aromatic heterocycles. The van der Waals surface area contributed by atoms with Gasteiger partial charge in [0.2, 0.25) is 0 Å². The van der Waals surface area contributed by atoms with Crippen molar-refractivity contribution >= 4 is 8.80 Å². The molecule has 1 rings (SSSR count). The lowest BCUT2D eigenvalue weighted by atomic mass is 10.4. The standard InChI is InChI=1S/C6H14O4Si/c1-8-11(7,9-2)4-3-6-5-10-6/h6-7H,3-5H2,1-2H3. The van der Waals surface area contributed by atoms with Crippen LogP contribution in [-0.2, 0) is 13.6 Å². The summed E-state index contributed by atoms with van der Waals surface area (Å²) in [6.45, 7) is 0.817. The van der Waals surface area contributed by atoms with Crippen molar-refractivity contribution in [1.29, 1.82) is 0 Å². The van der Waals surface area contributed by atoms with Gasteiger partial charge in [0.25, 0.3) is 0 Å². The van der Waals surface area contributed by atoms with E-state index in [2.05, 4.69) is 0 Å². The van der Waals surface area contributed by atoms with E-state index < -0.39 is 8.80 Å². The van der Waals surface area contributed by atoms with E-state index in [1.165, 1.54) is 14.2 Å². The number of hydrogen-bond acceptors (Lipinski definition) is 4. The van der Waals surface area contributed by atoms with Crippen molar-refractivity contribution in [3.8, 4) is 0 Å². The van der Waals surface area contributed by atoms with Crippen LogP contribution in [-0.4, -0.2) is 40.5 Å². The Morgan fingerprint density at radius 3 is 2.45 bits per heavy atom. The first-order chi connectivity index (χ1) is 5.20. The molecule has 1 aliphatic heterocycles. The molecule has 1 aliphatic rings. The van der Waals surface area contributed by atoms with Crippen molar-refractivity contribution < 1.29 is 18.4 Å². The number of epoxide rings is 1. The highest BCUT2D eigenvalue weighted by molar-refractivity contribution is 6.59. The van der Waals surface area contributed by atoms with Crippen molar-refractivity contribution in [3.63, 3.8) is 0 Å². The molecule has 1 unspecified atom stereocenters. The second kappa shape index (κ2) is 3.64. The first-order valence-corrected chi connectivity index (χ1v) is 5.61. The molecule has 66 valence electrons. The maximum Gasteiger partial charge on any atom is 0.497 e. The SMILES string of the molecule is CO[Si](O)(CCC1CO1)OC. The van der Waals surface area contributed by atoms with Crippen LogP contribution < -0.4 is 0 Å². The second-order valence-corrected chi connectivity index (χ2v) is 5.36. The molecule has 0 aromatic carbocycles. The van der Waals surface area contributed by atoms with Crippen molar-refractivity contribution in [3.05, 3.63) is 0 Å². The molecule has 0 radical (unpaired) electrons. The van der Waals surface area contributed by atoms with Crippen molar-refractivity contribution in [1.82, 2.24) is 0 Å². The zero-order chi connectivity index (χ0) is 8.32. The molecule has 0 saturated carbocycles. The minimum absolute atomic E-state index is 0.333. The summed E-state index contributed by atoms with van der Waals surface area (Å²) in [5, 5.41) is 0. The third kappa shape index (κ3) is 2.88. The van der Waals surface area contributed by atoms with Gasteiger partial charge in [-0.2, -0.15) is 0 Å². The van der Waals surface area contributed by atoms with Crippen LogP contribution in [0.1, 0.15) is 6.42 Å². The predicted molar refractivity (Wildman–Crippen MR) is 41.2 cm³/mol. The molecule has 5 heteroatoms. The molecule has 1 atom stereocenters. The molecular formula is C6H14O4Si. The van der Waals surface area contributed by atoms with Gasteiger partial charge in [0.15, 0.2) is 0 Å². The zero-order valence-electron chi connectivity index (χ0n) is 6.87. The summed E-state index contributed by atoms with van der Waals surface area (Å²) in [5.74, 6) is 0. The molecule has 1 heterocycles. The fourth-order valence-electron chi connectivity index (χ4n) is 0.866. The van der Waals surface area contributed by atoms with E-state index in [0.717, 1.165) is 13.0 Å². The topological polar surface area (TPSA) is 51.2 Å². The summed E-state index contributed by atoms with van der Waals surface area (Å²) in [4.78, 5) is 9.54. The van der Waals surface area contributed by atoms with Crippen LogP contribution in [0.25, 0.3) is 0 Å². The molecule has 4 nitrogen and oxygen atoms in total. The molecule has 0 aromatic rings. The summed E-state index contributed by atoms with van der Waals surface area (Å²) >= 11 is 0. The first kappa shape index (κ1) is 9.15. The van der Waals surface area contributed by atoms with E-state index in [0.29, 0.717) is 12.1 Å². The largest absolute Gasteiger partial charge is 0.497 e. The van der Waals surface area contributed by atoms with E-state index in [4.69, 9.17) is 13.6 Å². The van der Waals surface area contributed by atoms with Crippen LogP contribution >= 0.6 is 0 Å². The fourth-order valence-corrected chi connectivity index (χ4v) is 2.13. The smallest absolute Gasteiger partial charge is 0.390 e. The minimum Gasteiger partial charge on any atom is -0.390 e. The molecule has 1 fully saturated rings. The Morgan fingerprint density at radius 2 is 2.09 bits per heavy atom. The zero-order valence-corrected chi connectivity index (χ0v) is 7.87. The van der Waals surface area contributed by atoms with Crippen LogP contribution in [0.15, 0.2) is 0 Å². The quantitative estimate of drug-likeness (QED) is 0.475. The average Bonchev–Trinajstić information content (AvgIpc) is 2.83. The molecule has 1 saturated heterocycles. The van der Waals surface area contributed by atoms with Crippen LogP contribution in [0.3, 0.4) is 0 Å². The Morgan fingerprint density at radius 1 is 1.55 bits per heavy atom. The van der Waals surface area contributed by atoms with Gasteiger partial charge < -0.3 is 18.4 Å². The van der Waals surface area contributed by atoms with E-state index in [1.807, 2.05) is 0 Å². The summed E-state index contributed by atoms with van der Waals surface area (Å²) in [6, 6.07) is 0.588. The van der Waals surface area contributed by atoms with Gasteiger partial charge in [-0.05, 0) is 6.42 Å². The molecule has 0 aliphatic carbocycles. The van der Waals surface area contributed by atoms with Gasteiger partial charge in [0.1, 0.15) is 0 Å². The van der Waals surface area contributed by atoms with Gasteiger partial charge in [0.05, 0.1) is 12.7 Å². The van der Waals surface area contributed by atoms with Gasteiger partial charge in [-0.25, -0.2) is 0 Å². The second-order valence-electron chi connectivity index (χ2n) is 2.61. The number of ether oxygens (including phenoxy) is 1. The highest BCUT2D eigenvalue weighted by Gasteiger charge is 2.37. The highest BCUT2D eigenvalue weighted by atomic mass is 28.4. The Labute approximate surface area is 67.4 Å². The summed E-state index contributed by atoms with van der Waals surface area (Å²) in [5.41, 5.74) is 0. The predicted octanol–water partition coefficient (Wildman–Crippen LogP) is -0.000700. The molecule has 0 bridgehead atoms. The Bertz CT molecular complexity index is 122. The summed E-state index contributed by atoms with van der Waals surface area (Å²) in [7, 11) is 0.151. The number of rotatable bonds is 5. The monoisotopic (exact) mass is 178 g/mol. The Balaban J connectivity index is 2.18. The lowest BCUT2D eigenvalue weighted by molar-refractivity contribution is 0.149. The summed E-state index contributed by atoms with van der Waals surface area (Å²) < 4.78 is 14.8. The molecular weight excluding hydrogens is 164 g/mol. The third-order valence-electron chi connectivity index (χ3n) is 1.82. The van der Waals surface area contributed by atoms with Crippen LogP contribution in [0.2, 0.25) is 6.04 Å². The molecule has 0 amide bonds. The van der Waals surface area contributed by atoms with Gasteiger partial charge in [-0.3, -0.25) is 0 Å². The van der Waals surface area contributed by atoms with Crippen molar-refractivity contribution in [2.75, 3.05) is 20.8 Å². The van der Waals surface area contributed by atoms with Gasteiger partial charge in [-0.15, -0.1) is 0 Å². The molecule has 1 N–H and O–H groups in total. The van der Waals surface area contributed by atoms with E-state index in [1.54, 1.807) is 0 Å². The highest BCUT2D eigenvalue weighted by Crippen LogP contribution is 2.20. The maximum atomic E-state index is 9.54. The molecule has 11 heavy (non-hydrogen) atoms. The lowest BCUT2D eigenvalue weighted by Crippen LogP contribution is -2.40. The van der Waals surface area contributed by atoms with E-state index in [9.17, 15) is 4.80 Å². The van der Waals surface area contributed by atoms with E-state index >= 15 is 0 Å². The van der Waals surface area contributed by atoms with Crippen LogP contribution in [0, 0.1) is 0 Å². The minimum atomic E-state index is -2.80. The maximum absolute atomic E-state index is 9.54. The van der Waals surface area contributed by atoms with Crippen molar-refractivity contribution in [2.45, 2.75) is 18.6 Å². The van der Waals surface area contributed by atoms with E-state index in [-0.39, 0.29) is 0 Å². The normalized spacial score (nSPS) is 23.7. The first-order valence-electron chi connectivity index (χ1n) is 3.64. The number of hydrogen-bond donors (Lipinski definition) is 1. The third-order valence-corrected chi connectivity index (χ3v) is 4.02. The lowest BCUT2D eigenvalue weighted by Gasteiger charge is -2.18. The molecule has 0 spiro atoms. The van der Waals surface area contributed by atoms with Gasteiger partial charge in [-0.1, -0.05) is 0 Å². The summed E-state index contributed by atoms with van der Waals surface area (Å²) in [6.07, 6.45) is 1.17. The fraction of sp³-hybridized carbons (Fsp3) is 1.00. The van der Waals surface area contributed by atoms with Gasteiger partial charge >= 0.3 is 8.80 Å². The van der Waals surface area contributed by atoms with Crippen LogP contribution in [0.5, 0.6) is 0 Å². The van der Waals surface area contributed by atoms with Crippen LogP contribution in [0.4, 0.5) is 0 Å². The van der Waals surface area contributed by atoms with Crippen molar-refractivity contribution in [2.24, 2.45) is 0 Å². The average molecular weight is 178 g/mol. The van der Waals surface area contributed by atoms with Gasteiger partial charge in [0, 0.05) is 20.3 Å². The Kier molecular flexibility index (Phi) is 3.03.